The fraction of sp³-hybridized carbons (Fsp3) is 0.364. The van der Waals surface area contributed by atoms with Crippen molar-refractivity contribution in [3.05, 3.63) is 48.0 Å². The van der Waals surface area contributed by atoms with E-state index in [4.69, 9.17) is 14.2 Å². The van der Waals surface area contributed by atoms with Crippen LogP contribution >= 0.6 is 24.0 Å². The molecule has 2 N–H and O–H groups in total. The van der Waals surface area contributed by atoms with E-state index in [1.54, 1.807) is 26.2 Å². The van der Waals surface area contributed by atoms with Gasteiger partial charge in [-0.2, -0.15) is 0 Å². The SMILES string of the molecule is CN=C(NCCCN1C(=O)COc2ccccc21)NCc1ccc(OC)cc1OC.I. The molecule has 0 spiro atoms. The smallest absolute Gasteiger partial charge is 0.265 e. The lowest BCUT2D eigenvalue weighted by Gasteiger charge is -2.29. The number of amides is 1. The van der Waals surface area contributed by atoms with Crippen LogP contribution in [-0.2, 0) is 11.3 Å². The van der Waals surface area contributed by atoms with Gasteiger partial charge in [-0.1, -0.05) is 12.1 Å². The molecule has 0 aromatic heterocycles. The molecule has 8 nitrogen and oxygen atoms in total. The van der Waals surface area contributed by atoms with Crippen molar-refractivity contribution in [2.45, 2.75) is 13.0 Å². The van der Waals surface area contributed by atoms with Crippen molar-refractivity contribution < 1.29 is 19.0 Å². The molecule has 168 valence electrons. The quantitative estimate of drug-likeness (QED) is 0.232. The van der Waals surface area contributed by atoms with E-state index >= 15 is 0 Å². The number of fused-ring (bicyclic) bond motifs is 1. The van der Waals surface area contributed by atoms with Crippen molar-refractivity contribution in [1.82, 2.24) is 10.6 Å². The van der Waals surface area contributed by atoms with Gasteiger partial charge in [-0.3, -0.25) is 9.79 Å². The van der Waals surface area contributed by atoms with Crippen LogP contribution in [0, 0.1) is 0 Å². The Kier molecular flexibility index (Phi) is 9.70. The number of nitrogens with one attached hydrogen (secondary N) is 2. The first-order valence-electron chi connectivity index (χ1n) is 9.84. The largest absolute Gasteiger partial charge is 0.497 e. The summed E-state index contributed by atoms with van der Waals surface area (Å²) < 4.78 is 16.1. The van der Waals surface area contributed by atoms with Gasteiger partial charge in [0.15, 0.2) is 12.6 Å². The highest BCUT2D eigenvalue weighted by Gasteiger charge is 2.24. The van der Waals surface area contributed by atoms with Crippen LogP contribution in [0.5, 0.6) is 17.2 Å². The molecule has 0 aliphatic carbocycles. The highest BCUT2D eigenvalue weighted by atomic mass is 127. The number of nitrogens with zero attached hydrogens (tertiary/aromatic N) is 2. The van der Waals surface area contributed by atoms with Gasteiger partial charge in [-0.25, -0.2) is 0 Å². The van der Waals surface area contributed by atoms with E-state index in [1.165, 1.54) is 0 Å². The number of halogens is 1. The second-order valence-electron chi connectivity index (χ2n) is 6.69. The number of anilines is 1. The zero-order valence-electron chi connectivity index (χ0n) is 18.0. The van der Waals surface area contributed by atoms with E-state index < -0.39 is 0 Å². The number of aliphatic imine (C=N–C) groups is 1. The number of hydrogen-bond donors (Lipinski definition) is 2. The van der Waals surface area contributed by atoms with Gasteiger partial charge in [0.1, 0.15) is 17.2 Å². The number of guanidine groups is 1. The maximum Gasteiger partial charge on any atom is 0.265 e. The van der Waals surface area contributed by atoms with Crippen LogP contribution in [0.2, 0.25) is 0 Å². The van der Waals surface area contributed by atoms with Crippen LogP contribution < -0.4 is 29.7 Å². The van der Waals surface area contributed by atoms with Crippen LogP contribution in [0.15, 0.2) is 47.5 Å². The van der Waals surface area contributed by atoms with E-state index in [1.807, 2.05) is 42.5 Å². The Morgan fingerprint density at radius 3 is 2.71 bits per heavy atom. The molecule has 2 aromatic carbocycles. The minimum Gasteiger partial charge on any atom is -0.497 e. The average Bonchev–Trinajstić information content (AvgIpc) is 2.79. The Hall–Kier alpha value is -2.69. The summed E-state index contributed by atoms with van der Waals surface area (Å²) in [5.41, 5.74) is 1.82. The van der Waals surface area contributed by atoms with E-state index in [2.05, 4.69) is 15.6 Å². The maximum absolute atomic E-state index is 12.2. The molecular formula is C22H29IN4O4. The monoisotopic (exact) mass is 540 g/mol. The summed E-state index contributed by atoms with van der Waals surface area (Å²) >= 11 is 0. The lowest BCUT2D eigenvalue weighted by Crippen LogP contribution is -2.42. The third-order valence-electron chi connectivity index (χ3n) is 4.82. The first-order chi connectivity index (χ1) is 14.7. The third kappa shape index (κ3) is 6.39. The number of carbonyl (C=O) groups is 1. The Morgan fingerprint density at radius 1 is 1.16 bits per heavy atom. The summed E-state index contributed by atoms with van der Waals surface area (Å²) in [7, 11) is 4.99. The lowest BCUT2D eigenvalue weighted by molar-refractivity contribution is -0.121. The number of rotatable bonds is 8. The molecule has 2 aromatic rings. The lowest BCUT2D eigenvalue weighted by atomic mass is 10.2. The maximum atomic E-state index is 12.2. The Labute approximate surface area is 200 Å². The number of para-hydroxylation sites is 2. The standard InChI is InChI=1S/C22H28N4O4.HI/c1-23-22(25-14-16-9-10-17(28-2)13-20(16)29-3)24-11-6-12-26-18-7-4-5-8-19(18)30-15-21(26)27;/h4-5,7-10,13H,6,11-12,14-15H2,1-3H3,(H2,23,24,25);1H. The van der Waals surface area contributed by atoms with E-state index in [0.717, 1.165) is 34.9 Å². The topological polar surface area (TPSA) is 84.4 Å². The van der Waals surface area contributed by atoms with Gasteiger partial charge >= 0.3 is 0 Å². The van der Waals surface area contributed by atoms with Crippen LogP contribution in [0.3, 0.4) is 0 Å². The molecule has 9 heteroatoms. The number of carbonyl (C=O) groups excluding carboxylic acids is 1. The van der Waals surface area contributed by atoms with E-state index in [-0.39, 0.29) is 36.5 Å². The average molecular weight is 540 g/mol. The predicted octanol–water partition coefficient (Wildman–Crippen LogP) is 2.80. The second kappa shape index (κ2) is 12.2. The molecule has 3 rings (SSSR count). The van der Waals surface area contributed by atoms with Gasteiger partial charge in [0, 0.05) is 38.3 Å². The van der Waals surface area contributed by atoms with Crippen LogP contribution in [0.25, 0.3) is 0 Å². The summed E-state index contributed by atoms with van der Waals surface area (Å²) in [5, 5.41) is 6.56. The molecule has 0 atom stereocenters. The van der Waals surface area contributed by atoms with Gasteiger partial charge in [0.25, 0.3) is 5.91 Å². The molecule has 0 radical (unpaired) electrons. The number of ether oxygens (including phenoxy) is 3. The fourth-order valence-corrected chi connectivity index (χ4v) is 3.24. The second-order valence-corrected chi connectivity index (χ2v) is 6.69. The van der Waals surface area contributed by atoms with Gasteiger partial charge in [-0.15, -0.1) is 24.0 Å². The van der Waals surface area contributed by atoms with Gasteiger partial charge in [0.05, 0.1) is 19.9 Å². The van der Waals surface area contributed by atoms with Crippen molar-refractivity contribution in [3.63, 3.8) is 0 Å². The zero-order chi connectivity index (χ0) is 21.3. The first-order valence-corrected chi connectivity index (χ1v) is 9.84. The van der Waals surface area contributed by atoms with Gasteiger partial charge in [0.2, 0.25) is 0 Å². The molecule has 0 saturated heterocycles. The normalized spacial score (nSPS) is 12.9. The summed E-state index contributed by atoms with van der Waals surface area (Å²) in [6.45, 7) is 1.92. The van der Waals surface area contributed by atoms with Crippen LogP contribution in [0.1, 0.15) is 12.0 Å². The summed E-state index contributed by atoms with van der Waals surface area (Å²) in [6.07, 6.45) is 0.770. The minimum absolute atomic E-state index is 0. The molecule has 1 aliphatic heterocycles. The number of hydrogen-bond acceptors (Lipinski definition) is 5. The molecule has 1 aliphatic rings. The van der Waals surface area contributed by atoms with Gasteiger partial charge in [-0.05, 0) is 30.7 Å². The molecule has 31 heavy (non-hydrogen) atoms. The van der Waals surface area contributed by atoms with Crippen molar-refractivity contribution in [3.8, 4) is 17.2 Å². The first kappa shape index (κ1) is 24.6. The third-order valence-corrected chi connectivity index (χ3v) is 4.82. The molecule has 0 fully saturated rings. The Morgan fingerprint density at radius 2 is 1.97 bits per heavy atom. The van der Waals surface area contributed by atoms with Crippen molar-refractivity contribution in [2.75, 3.05) is 45.9 Å². The molecule has 0 bridgehead atoms. The van der Waals surface area contributed by atoms with Crippen LogP contribution in [0.4, 0.5) is 5.69 Å². The molecule has 1 heterocycles. The molecular weight excluding hydrogens is 511 g/mol. The Bertz CT molecular complexity index is 907. The van der Waals surface area contributed by atoms with E-state index in [9.17, 15) is 4.79 Å². The summed E-state index contributed by atoms with van der Waals surface area (Å²) in [4.78, 5) is 18.3. The van der Waals surface area contributed by atoms with Crippen molar-refractivity contribution in [2.24, 2.45) is 4.99 Å². The Balaban J connectivity index is 0.00000341. The summed E-state index contributed by atoms with van der Waals surface area (Å²) in [6, 6.07) is 13.3. The fourth-order valence-electron chi connectivity index (χ4n) is 3.24. The highest BCUT2D eigenvalue weighted by Crippen LogP contribution is 2.31. The minimum atomic E-state index is -0.0252. The molecule has 0 unspecified atom stereocenters. The molecule has 1 amide bonds. The number of methoxy groups -OCH3 is 2. The highest BCUT2D eigenvalue weighted by molar-refractivity contribution is 14.0. The molecule has 0 saturated carbocycles. The van der Waals surface area contributed by atoms with Crippen LogP contribution in [-0.4, -0.2) is 52.8 Å². The van der Waals surface area contributed by atoms with Gasteiger partial charge < -0.3 is 29.7 Å². The zero-order valence-corrected chi connectivity index (χ0v) is 20.3. The number of benzene rings is 2. The van der Waals surface area contributed by atoms with E-state index in [0.29, 0.717) is 25.6 Å². The van der Waals surface area contributed by atoms with Crippen molar-refractivity contribution >= 4 is 41.5 Å². The van der Waals surface area contributed by atoms with Crippen molar-refractivity contribution in [1.29, 1.82) is 0 Å². The predicted molar refractivity (Wildman–Crippen MR) is 132 cm³/mol. The summed E-state index contributed by atoms with van der Waals surface area (Å²) in [5.74, 6) is 2.90.